The molecule has 0 saturated carbocycles. The van der Waals surface area contributed by atoms with E-state index in [1.54, 1.807) is 18.9 Å². The highest BCUT2D eigenvalue weighted by molar-refractivity contribution is 7.99. The maximum Gasteiger partial charge on any atom is 0.236 e. The summed E-state index contributed by atoms with van der Waals surface area (Å²) in [6, 6.07) is 15.0. The van der Waals surface area contributed by atoms with Gasteiger partial charge in [0.25, 0.3) is 0 Å². The fraction of sp³-hybridized carbons (Fsp3) is 0.150. The molecule has 0 spiro atoms. The molecule has 0 saturated heterocycles. The minimum absolute atomic E-state index is 0.132. The van der Waals surface area contributed by atoms with Crippen LogP contribution < -0.4 is 14.8 Å². The smallest absolute Gasteiger partial charge is 0.236 e. The van der Waals surface area contributed by atoms with Crippen LogP contribution in [0.5, 0.6) is 11.5 Å². The Morgan fingerprint density at radius 1 is 1.13 bits per heavy atom. The number of tetrazole rings is 1. The molecule has 0 unspecified atom stereocenters. The molecule has 0 aliphatic rings. The van der Waals surface area contributed by atoms with E-state index >= 15 is 0 Å². The summed E-state index contributed by atoms with van der Waals surface area (Å²) in [5.41, 5.74) is 2.43. The Labute approximate surface area is 186 Å². The first kappa shape index (κ1) is 20.8. The van der Waals surface area contributed by atoms with Crippen LogP contribution in [0.3, 0.4) is 0 Å². The highest BCUT2D eigenvalue weighted by Crippen LogP contribution is 2.28. The third-order valence-corrected chi connectivity index (χ3v) is 5.90. The van der Waals surface area contributed by atoms with Gasteiger partial charge in [0, 0.05) is 10.9 Å². The molecule has 31 heavy (non-hydrogen) atoms. The molecule has 158 valence electrons. The molecular formula is C20H18N6O3S2. The Morgan fingerprint density at radius 3 is 2.71 bits per heavy atom. The molecule has 0 fully saturated rings. The van der Waals surface area contributed by atoms with Gasteiger partial charge in [0.15, 0.2) is 5.13 Å². The molecule has 1 amide bonds. The van der Waals surface area contributed by atoms with Crippen LogP contribution in [0.1, 0.15) is 0 Å². The van der Waals surface area contributed by atoms with Crippen molar-refractivity contribution >= 4 is 34.1 Å². The number of carbonyl (C=O) groups excluding carboxylic acids is 1. The van der Waals surface area contributed by atoms with E-state index in [4.69, 9.17) is 9.47 Å². The first-order valence-electron chi connectivity index (χ1n) is 9.12. The number of nitrogens with one attached hydrogen (secondary N) is 1. The number of rotatable bonds is 8. The lowest BCUT2D eigenvalue weighted by molar-refractivity contribution is -0.113. The zero-order valence-corrected chi connectivity index (χ0v) is 18.3. The van der Waals surface area contributed by atoms with Crippen LogP contribution in [0, 0.1) is 0 Å². The summed E-state index contributed by atoms with van der Waals surface area (Å²) in [5, 5.41) is 17.5. The zero-order chi connectivity index (χ0) is 21.6. The van der Waals surface area contributed by atoms with Crippen LogP contribution in [0.15, 0.2) is 59.1 Å². The third-order valence-electron chi connectivity index (χ3n) is 4.22. The van der Waals surface area contributed by atoms with Gasteiger partial charge in [0.2, 0.25) is 11.1 Å². The monoisotopic (exact) mass is 454 g/mol. The van der Waals surface area contributed by atoms with Crippen LogP contribution in [-0.2, 0) is 4.79 Å². The summed E-state index contributed by atoms with van der Waals surface area (Å²) < 4.78 is 12.1. The third kappa shape index (κ3) is 4.84. The number of nitrogens with zero attached hydrogens (tertiary/aromatic N) is 5. The Balaban J connectivity index is 1.39. The van der Waals surface area contributed by atoms with E-state index in [-0.39, 0.29) is 11.7 Å². The van der Waals surface area contributed by atoms with E-state index in [1.165, 1.54) is 23.1 Å². The lowest BCUT2D eigenvalue weighted by atomic mass is 10.2. The predicted octanol–water partition coefficient (Wildman–Crippen LogP) is 3.53. The van der Waals surface area contributed by atoms with Gasteiger partial charge in [0.05, 0.1) is 25.7 Å². The summed E-state index contributed by atoms with van der Waals surface area (Å²) in [5.74, 6) is 1.35. The maximum absolute atomic E-state index is 12.4. The van der Waals surface area contributed by atoms with Crippen molar-refractivity contribution in [3.05, 3.63) is 53.9 Å². The molecule has 0 atom stereocenters. The van der Waals surface area contributed by atoms with Gasteiger partial charge in [-0.05, 0) is 46.8 Å². The van der Waals surface area contributed by atoms with Crippen molar-refractivity contribution in [2.75, 3.05) is 25.3 Å². The first-order chi connectivity index (χ1) is 15.2. The van der Waals surface area contributed by atoms with E-state index in [1.807, 2.05) is 53.9 Å². The largest absolute Gasteiger partial charge is 0.497 e. The quantitative estimate of drug-likeness (QED) is 0.403. The number of aromatic nitrogens is 5. The van der Waals surface area contributed by atoms with E-state index in [9.17, 15) is 4.79 Å². The summed E-state index contributed by atoms with van der Waals surface area (Å²) in [4.78, 5) is 16.9. The fourth-order valence-electron chi connectivity index (χ4n) is 2.74. The number of ether oxygens (including phenoxy) is 2. The van der Waals surface area contributed by atoms with E-state index in [0.29, 0.717) is 21.7 Å². The van der Waals surface area contributed by atoms with Crippen molar-refractivity contribution in [3.8, 4) is 28.4 Å². The number of anilines is 1. The lowest BCUT2D eigenvalue weighted by Gasteiger charge is -2.08. The van der Waals surface area contributed by atoms with Crippen molar-refractivity contribution < 1.29 is 14.3 Å². The molecule has 2 heterocycles. The van der Waals surface area contributed by atoms with Crippen LogP contribution in [-0.4, -0.2) is 51.1 Å². The fourth-order valence-corrected chi connectivity index (χ4v) is 4.16. The van der Waals surface area contributed by atoms with Gasteiger partial charge in [-0.1, -0.05) is 23.9 Å². The van der Waals surface area contributed by atoms with Gasteiger partial charge in [0.1, 0.15) is 17.2 Å². The second-order valence-corrected chi connectivity index (χ2v) is 7.95. The Bertz CT molecular complexity index is 1180. The average molecular weight is 455 g/mol. The van der Waals surface area contributed by atoms with Gasteiger partial charge >= 0.3 is 0 Å². The zero-order valence-electron chi connectivity index (χ0n) is 16.7. The van der Waals surface area contributed by atoms with Crippen molar-refractivity contribution in [1.29, 1.82) is 0 Å². The minimum atomic E-state index is -0.199. The number of thiazole rings is 1. The molecule has 0 radical (unpaired) electrons. The number of hydrogen-bond donors (Lipinski definition) is 1. The molecule has 11 heteroatoms. The lowest BCUT2D eigenvalue weighted by Crippen LogP contribution is -2.14. The summed E-state index contributed by atoms with van der Waals surface area (Å²) in [6.45, 7) is 0. The molecule has 2 aromatic heterocycles. The number of amides is 1. The topological polar surface area (TPSA) is 104 Å². The van der Waals surface area contributed by atoms with Gasteiger partial charge in [-0.2, -0.15) is 4.68 Å². The summed E-state index contributed by atoms with van der Waals surface area (Å²) in [7, 11) is 3.20. The van der Waals surface area contributed by atoms with Gasteiger partial charge in [-0.25, -0.2) is 4.98 Å². The number of thioether (sulfide) groups is 1. The Kier molecular flexibility index (Phi) is 6.43. The van der Waals surface area contributed by atoms with Crippen LogP contribution in [0.25, 0.3) is 16.9 Å². The average Bonchev–Trinajstić information content (AvgIpc) is 3.47. The number of benzene rings is 2. The first-order valence-corrected chi connectivity index (χ1v) is 11.0. The van der Waals surface area contributed by atoms with Gasteiger partial charge in [-0.15, -0.1) is 16.4 Å². The molecule has 1 N–H and O–H groups in total. The van der Waals surface area contributed by atoms with E-state index in [0.717, 1.165) is 17.0 Å². The molecule has 2 aromatic carbocycles. The Morgan fingerprint density at radius 2 is 1.94 bits per heavy atom. The van der Waals surface area contributed by atoms with E-state index in [2.05, 4.69) is 25.8 Å². The molecule has 0 aliphatic carbocycles. The molecule has 9 nitrogen and oxygen atoms in total. The number of para-hydroxylation sites is 2. The van der Waals surface area contributed by atoms with Gasteiger partial charge in [-0.3, -0.25) is 4.79 Å². The van der Waals surface area contributed by atoms with Crippen LogP contribution in [0.4, 0.5) is 5.13 Å². The summed E-state index contributed by atoms with van der Waals surface area (Å²) >= 11 is 2.59. The standard InChI is InChI=1S/C20H18N6O3S2/c1-28-14-9-7-13(8-10-14)15-11-30-19(21-15)22-18(27)12-31-20-23-24-25-26(20)16-5-3-4-6-17(16)29-2/h3-11H,12H2,1-2H3,(H,21,22,27). The second-order valence-electron chi connectivity index (χ2n) is 6.15. The highest BCUT2D eigenvalue weighted by Gasteiger charge is 2.15. The molecule has 0 aliphatic heterocycles. The van der Waals surface area contributed by atoms with Crippen molar-refractivity contribution in [2.24, 2.45) is 0 Å². The molecule has 4 aromatic rings. The minimum Gasteiger partial charge on any atom is -0.497 e. The summed E-state index contributed by atoms with van der Waals surface area (Å²) in [6.07, 6.45) is 0. The molecule has 4 rings (SSSR count). The van der Waals surface area contributed by atoms with Crippen LogP contribution in [0.2, 0.25) is 0 Å². The van der Waals surface area contributed by atoms with Crippen molar-refractivity contribution in [3.63, 3.8) is 0 Å². The van der Waals surface area contributed by atoms with E-state index < -0.39 is 0 Å². The predicted molar refractivity (Wildman–Crippen MR) is 119 cm³/mol. The Hall–Kier alpha value is -3.44. The second kappa shape index (κ2) is 9.58. The SMILES string of the molecule is COc1ccc(-c2csc(NC(=O)CSc3nnnn3-c3ccccc3OC)n2)cc1. The van der Waals surface area contributed by atoms with Gasteiger partial charge < -0.3 is 14.8 Å². The maximum atomic E-state index is 12.4. The number of methoxy groups -OCH3 is 2. The number of carbonyl (C=O) groups is 1. The van der Waals surface area contributed by atoms with Crippen molar-refractivity contribution in [2.45, 2.75) is 5.16 Å². The highest BCUT2D eigenvalue weighted by atomic mass is 32.2. The molecular weight excluding hydrogens is 436 g/mol. The van der Waals surface area contributed by atoms with Crippen LogP contribution >= 0.6 is 23.1 Å². The molecule has 0 bridgehead atoms. The normalized spacial score (nSPS) is 10.6. The number of hydrogen-bond acceptors (Lipinski definition) is 9. The van der Waals surface area contributed by atoms with Crippen molar-refractivity contribution in [1.82, 2.24) is 25.2 Å².